The second-order valence-electron chi connectivity index (χ2n) is 5.07. The van der Waals surface area contributed by atoms with E-state index >= 15 is 0 Å². The fraction of sp³-hybridized carbons (Fsp3) is 0.571. The summed E-state index contributed by atoms with van der Waals surface area (Å²) in [6.07, 6.45) is 2.56. The highest BCUT2D eigenvalue weighted by Gasteiger charge is 2.30. The molecule has 0 bridgehead atoms. The van der Waals surface area contributed by atoms with Crippen LogP contribution < -0.4 is 4.74 Å². The Labute approximate surface area is 129 Å². The number of unbranched alkanes of at least 4 members (excludes halogenated alkanes) is 1. The first kappa shape index (κ1) is 15.8. The molecule has 0 spiro atoms. The molecule has 112 valence electrons. The van der Waals surface area contributed by atoms with Gasteiger partial charge in [-0.05, 0) is 38.0 Å². The lowest BCUT2D eigenvalue weighted by atomic mass is 10.2. The normalized spacial score (nSPS) is 22.4. The van der Waals surface area contributed by atoms with Crippen molar-refractivity contribution in [3.05, 3.63) is 22.7 Å². The lowest BCUT2D eigenvalue weighted by molar-refractivity contribution is 0.187. The minimum atomic E-state index is -3.47. The van der Waals surface area contributed by atoms with Crippen molar-refractivity contribution in [1.29, 1.82) is 0 Å². The maximum Gasteiger partial charge on any atom is 0.246 e. The summed E-state index contributed by atoms with van der Waals surface area (Å²) in [6.45, 7) is 5.12. The fourth-order valence-electron chi connectivity index (χ4n) is 2.21. The van der Waals surface area contributed by atoms with Gasteiger partial charge in [-0.15, -0.1) is 0 Å². The molecule has 20 heavy (non-hydrogen) atoms. The Bertz CT molecular complexity index is 574. The minimum absolute atomic E-state index is 0.00248. The topological polar surface area (TPSA) is 46.6 Å². The van der Waals surface area contributed by atoms with Crippen molar-refractivity contribution >= 4 is 26.0 Å². The SMILES string of the molecule is CCCCN1CC[C@@H](C)Oc2cc(Br)ccc2S1(=O)=O. The van der Waals surface area contributed by atoms with Crippen LogP contribution in [0.3, 0.4) is 0 Å². The van der Waals surface area contributed by atoms with E-state index < -0.39 is 10.0 Å². The molecule has 0 aliphatic carbocycles. The van der Waals surface area contributed by atoms with E-state index in [2.05, 4.69) is 22.9 Å². The van der Waals surface area contributed by atoms with Crippen molar-refractivity contribution in [2.45, 2.75) is 44.1 Å². The van der Waals surface area contributed by atoms with Gasteiger partial charge in [-0.25, -0.2) is 8.42 Å². The van der Waals surface area contributed by atoms with E-state index in [1.807, 2.05) is 6.92 Å². The molecule has 0 radical (unpaired) electrons. The fourth-order valence-corrected chi connectivity index (χ4v) is 4.15. The first-order valence-electron chi connectivity index (χ1n) is 6.91. The lowest BCUT2D eigenvalue weighted by Gasteiger charge is -2.28. The van der Waals surface area contributed by atoms with E-state index in [9.17, 15) is 8.42 Å². The molecule has 0 aromatic heterocycles. The number of nitrogens with zero attached hydrogens (tertiary/aromatic N) is 1. The van der Waals surface area contributed by atoms with Crippen LogP contribution in [0.2, 0.25) is 0 Å². The Morgan fingerprint density at radius 3 is 2.90 bits per heavy atom. The van der Waals surface area contributed by atoms with Crippen LogP contribution in [0.4, 0.5) is 0 Å². The number of hydrogen-bond acceptors (Lipinski definition) is 3. The van der Waals surface area contributed by atoms with Crippen molar-refractivity contribution in [1.82, 2.24) is 4.31 Å². The third-order valence-electron chi connectivity index (χ3n) is 3.40. The van der Waals surface area contributed by atoms with Crippen molar-refractivity contribution in [2.75, 3.05) is 13.1 Å². The maximum atomic E-state index is 12.7. The molecule has 0 amide bonds. The molecular formula is C14H20BrNO3S. The van der Waals surface area contributed by atoms with Gasteiger partial charge in [0, 0.05) is 17.6 Å². The van der Waals surface area contributed by atoms with Crippen molar-refractivity contribution in [2.24, 2.45) is 0 Å². The standard InChI is InChI=1S/C14H20BrNO3S/c1-3-4-8-16-9-7-11(2)19-13-10-12(15)5-6-14(13)20(16,17)18/h5-6,10-11H,3-4,7-9H2,1-2H3/t11-/m1/s1. The highest BCUT2D eigenvalue weighted by molar-refractivity contribution is 9.10. The molecule has 1 aliphatic heterocycles. The minimum Gasteiger partial charge on any atom is -0.489 e. The van der Waals surface area contributed by atoms with Crippen LogP contribution in [-0.4, -0.2) is 31.9 Å². The van der Waals surface area contributed by atoms with Gasteiger partial charge in [-0.1, -0.05) is 29.3 Å². The average molecular weight is 362 g/mol. The van der Waals surface area contributed by atoms with E-state index in [1.165, 1.54) is 0 Å². The largest absolute Gasteiger partial charge is 0.489 e. The summed E-state index contributed by atoms with van der Waals surface area (Å²) < 4.78 is 33.6. The number of halogens is 1. The Morgan fingerprint density at radius 2 is 2.20 bits per heavy atom. The molecule has 6 heteroatoms. The molecule has 0 saturated carbocycles. The predicted octanol–water partition coefficient (Wildman–Crippen LogP) is 3.41. The van der Waals surface area contributed by atoms with E-state index in [0.29, 0.717) is 25.3 Å². The first-order chi connectivity index (χ1) is 9.45. The summed E-state index contributed by atoms with van der Waals surface area (Å²) in [7, 11) is -3.47. The molecule has 1 heterocycles. The highest BCUT2D eigenvalue weighted by atomic mass is 79.9. The molecule has 1 aliphatic rings. The van der Waals surface area contributed by atoms with Crippen LogP contribution >= 0.6 is 15.9 Å². The number of rotatable bonds is 3. The second-order valence-corrected chi connectivity index (χ2v) is 7.89. The number of fused-ring (bicyclic) bond motifs is 1. The van der Waals surface area contributed by atoms with Crippen molar-refractivity contribution < 1.29 is 13.2 Å². The molecule has 4 nitrogen and oxygen atoms in total. The first-order valence-corrected chi connectivity index (χ1v) is 9.15. The van der Waals surface area contributed by atoms with E-state index in [-0.39, 0.29) is 11.0 Å². The number of ether oxygens (including phenoxy) is 1. The Balaban J connectivity index is 2.45. The predicted molar refractivity (Wildman–Crippen MR) is 82.5 cm³/mol. The van der Waals surface area contributed by atoms with Crippen LogP contribution in [-0.2, 0) is 10.0 Å². The zero-order chi connectivity index (χ0) is 14.8. The van der Waals surface area contributed by atoms with Gasteiger partial charge in [0.1, 0.15) is 10.6 Å². The summed E-state index contributed by atoms with van der Waals surface area (Å²) in [5, 5.41) is 0. The molecule has 0 fully saturated rings. The zero-order valence-electron chi connectivity index (χ0n) is 11.8. The monoisotopic (exact) mass is 361 g/mol. The average Bonchev–Trinajstić information content (AvgIpc) is 2.37. The number of hydrogen-bond donors (Lipinski definition) is 0. The second kappa shape index (κ2) is 6.45. The third kappa shape index (κ3) is 3.35. The molecule has 1 atom stereocenters. The molecule has 0 unspecified atom stereocenters. The molecular weight excluding hydrogens is 342 g/mol. The van der Waals surface area contributed by atoms with Crippen molar-refractivity contribution in [3.63, 3.8) is 0 Å². The zero-order valence-corrected chi connectivity index (χ0v) is 14.2. The Hall–Kier alpha value is -0.590. The number of sulfonamides is 1. The summed E-state index contributed by atoms with van der Waals surface area (Å²) in [6, 6.07) is 5.09. The van der Waals surface area contributed by atoms with E-state index in [1.54, 1.807) is 22.5 Å². The number of benzene rings is 1. The Kier molecular flexibility index (Phi) is 5.09. The highest BCUT2D eigenvalue weighted by Crippen LogP contribution is 2.33. The molecule has 1 aromatic rings. The van der Waals surface area contributed by atoms with Gasteiger partial charge in [-0.2, -0.15) is 4.31 Å². The van der Waals surface area contributed by atoms with Crippen LogP contribution in [0.5, 0.6) is 5.75 Å². The van der Waals surface area contributed by atoms with Gasteiger partial charge in [0.05, 0.1) is 6.10 Å². The van der Waals surface area contributed by atoms with E-state index in [4.69, 9.17) is 4.74 Å². The molecule has 2 rings (SSSR count). The summed E-state index contributed by atoms with van der Waals surface area (Å²) in [5.74, 6) is 0.438. The smallest absolute Gasteiger partial charge is 0.246 e. The van der Waals surface area contributed by atoms with Crippen LogP contribution in [0.1, 0.15) is 33.1 Å². The summed E-state index contributed by atoms with van der Waals surface area (Å²) in [4.78, 5) is 0.267. The van der Waals surface area contributed by atoms with Crippen molar-refractivity contribution in [3.8, 4) is 5.75 Å². The molecule has 1 aromatic carbocycles. The summed E-state index contributed by atoms with van der Waals surface area (Å²) >= 11 is 3.36. The van der Waals surface area contributed by atoms with Crippen LogP contribution in [0, 0.1) is 0 Å². The maximum absolute atomic E-state index is 12.7. The van der Waals surface area contributed by atoms with Gasteiger partial charge < -0.3 is 4.74 Å². The quantitative estimate of drug-likeness (QED) is 0.828. The van der Waals surface area contributed by atoms with Crippen LogP contribution in [0.15, 0.2) is 27.6 Å². The van der Waals surface area contributed by atoms with Gasteiger partial charge in [0.25, 0.3) is 0 Å². The Morgan fingerprint density at radius 1 is 1.45 bits per heavy atom. The third-order valence-corrected chi connectivity index (χ3v) is 5.83. The summed E-state index contributed by atoms with van der Waals surface area (Å²) in [5.41, 5.74) is 0. The molecule has 0 N–H and O–H groups in total. The van der Waals surface area contributed by atoms with Crippen LogP contribution in [0.25, 0.3) is 0 Å². The van der Waals surface area contributed by atoms with E-state index in [0.717, 1.165) is 17.3 Å². The van der Waals surface area contributed by atoms with Gasteiger partial charge in [0.15, 0.2) is 0 Å². The van der Waals surface area contributed by atoms with Gasteiger partial charge >= 0.3 is 0 Å². The molecule has 0 saturated heterocycles. The van der Waals surface area contributed by atoms with Gasteiger partial charge in [-0.3, -0.25) is 0 Å². The lowest BCUT2D eigenvalue weighted by Crippen LogP contribution is -2.37. The van der Waals surface area contributed by atoms with Gasteiger partial charge in [0.2, 0.25) is 10.0 Å².